The number of hydrogen-bond acceptors (Lipinski definition) is 3. The number of rotatable bonds is 8. The van der Waals surface area contributed by atoms with Crippen LogP contribution >= 0.6 is 0 Å². The molecule has 0 saturated carbocycles. The first-order valence-electron chi connectivity index (χ1n) is 5.81. The second-order valence-corrected chi connectivity index (χ2v) is 7.04. The Kier molecular flexibility index (Phi) is 7.18. The third kappa shape index (κ3) is 8.88. The van der Waals surface area contributed by atoms with Gasteiger partial charge in [0.05, 0.1) is 5.75 Å². The third-order valence-corrected chi connectivity index (χ3v) is 4.23. The van der Waals surface area contributed by atoms with Crippen LogP contribution in [0.25, 0.3) is 0 Å². The monoisotopic (exact) mass is 235 g/mol. The van der Waals surface area contributed by atoms with Crippen molar-refractivity contribution in [1.82, 2.24) is 5.32 Å². The van der Waals surface area contributed by atoms with E-state index in [0.29, 0.717) is 18.5 Å². The van der Waals surface area contributed by atoms with Crippen LogP contribution in [0.1, 0.15) is 40.5 Å². The zero-order chi connectivity index (χ0) is 11.9. The van der Waals surface area contributed by atoms with Crippen LogP contribution in [0.2, 0.25) is 0 Å². The fraction of sp³-hybridized carbons (Fsp3) is 1.00. The summed E-state index contributed by atoms with van der Waals surface area (Å²) in [6.07, 6.45) is 2.30. The lowest BCUT2D eigenvalue weighted by atomic mass is 10.0. The van der Waals surface area contributed by atoms with Crippen molar-refractivity contribution in [1.29, 1.82) is 0 Å². The van der Waals surface area contributed by atoms with Gasteiger partial charge in [0.1, 0.15) is 0 Å². The van der Waals surface area contributed by atoms with Crippen molar-refractivity contribution < 1.29 is 8.42 Å². The Morgan fingerprint density at radius 3 is 2.20 bits per heavy atom. The van der Waals surface area contributed by atoms with E-state index in [1.54, 1.807) is 6.92 Å². The maximum Gasteiger partial charge on any atom is 0.151 e. The van der Waals surface area contributed by atoms with Crippen LogP contribution in [-0.2, 0) is 9.84 Å². The van der Waals surface area contributed by atoms with Crippen LogP contribution in [0.5, 0.6) is 0 Å². The van der Waals surface area contributed by atoms with Crippen molar-refractivity contribution >= 4 is 9.84 Å². The lowest BCUT2D eigenvalue weighted by molar-refractivity contribution is 0.459. The Balaban J connectivity index is 3.59. The van der Waals surface area contributed by atoms with Gasteiger partial charge in [-0.2, -0.15) is 0 Å². The molecular formula is C11H25NO2S. The molecule has 1 unspecified atom stereocenters. The summed E-state index contributed by atoms with van der Waals surface area (Å²) >= 11 is 0. The van der Waals surface area contributed by atoms with E-state index in [2.05, 4.69) is 26.1 Å². The van der Waals surface area contributed by atoms with Crippen molar-refractivity contribution in [2.24, 2.45) is 5.92 Å². The molecule has 0 aromatic carbocycles. The second kappa shape index (κ2) is 7.23. The molecule has 0 aliphatic heterocycles. The normalized spacial score (nSPS) is 14.5. The quantitative estimate of drug-likeness (QED) is 0.698. The molecule has 0 spiro atoms. The lowest BCUT2D eigenvalue weighted by Gasteiger charge is -2.14. The minimum atomic E-state index is -2.81. The maximum atomic E-state index is 11.2. The summed E-state index contributed by atoms with van der Waals surface area (Å²) in [5.74, 6) is 1.22. The van der Waals surface area contributed by atoms with Crippen LogP contribution < -0.4 is 5.32 Å². The molecule has 0 rings (SSSR count). The van der Waals surface area contributed by atoms with E-state index < -0.39 is 9.84 Å². The molecule has 4 heteroatoms. The zero-order valence-corrected chi connectivity index (χ0v) is 11.2. The predicted molar refractivity (Wildman–Crippen MR) is 65.9 cm³/mol. The molecule has 1 N–H and O–H groups in total. The minimum Gasteiger partial charge on any atom is -0.313 e. The molecule has 0 fully saturated rings. The minimum absolute atomic E-state index is 0.245. The molecule has 0 aromatic heterocycles. The van der Waals surface area contributed by atoms with E-state index in [0.717, 1.165) is 6.42 Å². The number of hydrogen-bond donors (Lipinski definition) is 1. The molecule has 92 valence electrons. The fourth-order valence-electron chi connectivity index (χ4n) is 1.29. The Labute approximate surface area is 94.6 Å². The average Bonchev–Trinajstić information content (AvgIpc) is 2.14. The highest BCUT2D eigenvalue weighted by molar-refractivity contribution is 7.91. The molecule has 0 radical (unpaired) electrons. The molecular weight excluding hydrogens is 210 g/mol. The molecule has 1 atom stereocenters. The third-order valence-electron chi connectivity index (χ3n) is 2.52. The van der Waals surface area contributed by atoms with E-state index in [4.69, 9.17) is 0 Å². The topological polar surface area (TPSA) is 46.2 Å². The Bertz CT molecular complexity index is 247. The first kappa shape index (κ1) is 14.9. The molecule has 15 heavy (non-hydrogen) atoms. The van der Waals surface area contributed by atoms with Crippen LogP contribution in [0.15, 0.2) is 0 Å². The lowest BCUT2D eigenvalue weighted by Crippen LogP contribution is -2.31. The van der Waals surface area contributed by atoms with E-state index in [9.17, 15) is 8.42 Å². The van der Waals surface area contributed by atoms with E-state index >= 15 is 0 Å². The molecule has 0 saturated heterocycles. The standard InChI is InChI=1S/C11H25NO2S/c1-5-15(13,14)9-8-12-11(4)7-6-10(2)3/h10-12H,5-9H2,1-4H3. The first-order chi connectivity index (χ1) is 6.87. The summed E-state index contributed by atoms with van der Waals surface area (Å²) < 4.78 is 22.4. The molecule has 3 nitrogen and oxygen atoms in total. The van der Waals surface area contributed by atoms with Crippen LogP contribution in [-0.4, -0.2) is 32.5 Å². The summed E-state index contributed by atoms with van der Waals surface area (Å²) in [4.78, 5) is 0. The first-order valence-corrected chi connectivity index (χ1v) is 7.63. The van der Waals surface area contributed by atoms with Crippen molar-refractivity contribution in [2.45, 2.75) is 46.6 Å². The van der Waals surface area contributed by atoms with Gasteiger partial charge in [0, 0.05) is 18.3 Å². The summed E-state index contributed by atoms with van der Waals surface area (Å²) in [6, 6.07) is 0.416. The van der Waals surface area contributed by atoms with Crippen LogP contribution in [0, 0.1) is 5.92 Å². The van der Waals surface area contributed by atoms with Gasteiger partial charge in [-0.15, -0.1) is 0 Å². The molecule has 0 heterocycles. The zero-order valence-electron chi connectivity index (χ0n) is 10.4. The highest BCUT2D eigenvalue weighted by Crippen LogP contribution is 2.06. The predicted octanol–water partition coefficient (Wildman–Crippen LogP) is 1.84. The second-order valence-electron chi connectivity index (χ2n) is 4.56. The van der Waals surface area contributed by atoms with Gasteiger partial charge in [0.25, 0.3) is 0 Å². The highest BCUT2D eigenvalue weighted by atomic mass is 32.2. The largest absolute Gasteiger partial charge is 0.313 e. The van der Waals surface area contributed by atoms with Crippen LogP contribution in [0.4, 0.5) is 0 Å². The molecule has 0 aliphatic rings. The van der Waals surface area contributed by atoms with Crippen molar-refractivity contribution in [3.05, 3.63) is 0 Å². The van der Waals surface area contributed by atoms with Gasteiger partial charge in [0.15, 0.2) is 9.84 Å². The summed E-state index contributed by atoms with van der Waals surface area (Å²) in [6.45, 7) is 8.79. The number of nitrogens with one attached hydrogen (secondary N) is 1. The molecule has 0 bridgehead atoms. The number of sulfone groups is 1. The van der Waals surface area contributed by atoms with E-state index in [-0.39, 0.29) is 11.5 Å². The van der Waals surface area contributed by atoms with Crippen molar-refractivity contribution in [3.8, 4) is 0 Å². The smallest absolute Gasteiger partial charge is 0.151 e. The Hall–Kier alpha value is -0.0900. The molecule has 0 aliphatic carbocycles. The van der Waals surface area contributed by atoms with Gasteiger partial charge in [0.2, 0.25) is 0 Å². The van der Waals surface area contributed by atoms with Gasteiger partial charge in [-0.05, 0) is 25.7 Å². The maximum absolute atomic E-state index is 11.2. The highest BCUT2D eigenvalue weighted by Gasteiger charge is 2.08. The molecule has 0 aromatic rings. The van der Waals surface area contributed by atoms with Gasteiger partial charge in [-0.25, -0.2) is 8.42 Å². The van der Waals surface area contributed by atoms with Gasteiger partial charge < -0.3 is 5.32 Å². The Morgan fingerprint density at radius 2 is 1.73 bits per heavy atom. The summed E-state index contributed by atoms with van der Waals surface area (Å²) in [5, 5.41) is 3.25. The summed E-state index contributed by atoms with van der Waals surface area (Å²) in [5.41, 5.74) is 0. The van der Waals surface area contributed by atoms with Crippen LogP contribution in [0.3, 0.4) is 0 Å². The van der Waals surface area contributed by atoms with Crippen molar-refractivity contribution in [3.63, 3.8) is 0 Å². The van der Waals surface area contributed by atoms with Gasteiger partial charge in [-0.1, -0.05) is 20.8 Å². The van der Waals surface area contributed by atoms with E-state index in [1.165, 1.54) is 6.42 Å². The average molecular weight is 235 g/mol. The summed E-state index contributed by atoms with van der Waals surface area (Å²) in [7, 11) is -2.81. The molecule has 0 amide bonds. The Morgan fingerprint density at radius 1 is 1.13 bits per heavy atom. The van der Waals surface area contributed by atoms with Crippen molar-refractivity contribution in [2.75, 3.05) is 18.1 Å². The SMILES string of the molecule is CCS(=O)(=O)CCNC(C)CCC(C)C. The van der Waals surface area contributed by atoms with Gasteiger partial charge in [-0.3, -0.25) is 0 Å². The fourth-order valence-corrected chi connectivity index (χ4v) is 2.01. The van der Waals surface area contributed by atoms with Gasteiger partial charge >= 0.3 is 0 Å². The van der Waals surface area contributed by atoms with E-state index in [1.807, 2.05) is 0 Å².